The summed E-state index contributed by atoms with van der Waals surface area (Å²) in [5.41, 5.74) is 1.33. The molecular weight excluding hydrogens is 593 g/mol. The minimum absolute atomic E-state index is 0.0148. The number of nitrogens with zero attached hydrogens (tertiary/aromatic N) is 4. The Hall–Kier alpha value is -5.30. The standard InChI is InChI=1S/C31H23F3N6O3S/c32-31(33,34)21-5-9-24(19-11-13-35-14-12-19)25(16-21)39-29(42)38-22-6-10-27(36-17-22)43-23-7-3-20(4-8-23)26-18-37-30(44-26)40-15-1-2-28(40)41/h3-14,16-18H,1-2,15H2,(H2,38,39,42). The third-order valence-corrected chi connectivity index (χ3v) is 7.81. The van der Waals surface area contributed by atoms with Gasteiger partial charge in [0.2, 0.25) is 11.8 Å². The van der Waals surface area contributed by atoms with E-state index in [4.69, 9.17) is 4.74 Å². The van der Waals surface area contributed by atoms with Crippen LogP contribution in [0.2, 0.25) is 0 Å². The van der Waals surface area contributed by atoms with Crippen LogP contribution >= 0.6 is 11.3 Å². The number of alkyl halides is 3. The summed E-state index contributed by atoms with van der Waals surface area (Å²) in [5, 5.41) is 5.78. The summed E-state index contributed by atoms with van der Waals surface area (Å²) in [7, 11) is 0. The number of urea groups is 1. The van der Waals surface area contributed by atoms with E-state index in [0.717, 1.165) is 29.0 Å². The number of pyridine rings is 2. The van der Waals surface area contributed by atoms with Crippen LogP contribution in [0.25, 0.3) is 21.6 Å². The summed E-state index contributed by atoms with van der Waals surface area (Å²) in [6.45, 7) is 0.688. The SMILES string of the molecule is O=C(Nc1ccc(Oc2ccc(-c3cnc(N4CCCC4=O)s3)cc2)nc1)Nc1cc(C(F)(F)F)ccc1-c1ccncc1. The molecule has 1 aliphatic heterocycles. The molecule has 0 radical (unpaired) electrons. The Morgan fingerprint density at radius 1 is 0.909 bits per heavy atom. The second-order valence-corrected chi connectivity index (χ2v) is 10.7. The maximum absolute atomic E-state index is 13.4. The van der Waals surface area contributed by atoms with Gasteiger partial charge in [0, 0.05) is 43.2 Å². The van der Waals surface area contributed by atoms with Gasteiger partial charge >= 0.3 is 12.2 Å². The molecule has 222 valence electrons. The summed E-state index contributed by atoms with van der Waals surface area (Å²) in [4.78, 5) is 39.9. The Labute approximate surface area is 253 Å². The van der Waals surface area contributed by atoms with Crippen LogP contribution in [0.4, 0.5) is 34.5 Å². The van der Waals surface area contributed by atoms with Crippen molar-refractivity contribution >= 4 is 39.8 Å². The average Bonchev–Trinajstić information content (AvgIpc) is 3.67. The quantitative estimate of drug-likeness (QED) is 0.193. The van der Waals surface area contributed by atoms with E-state index in [2.05, 4.69) is 25.6 Å². The van der Waals surface area contributed by atoms with Gasteiger partial charge in [-0.3, -0.25) is 14.7 Å². The van der Waals surface area contributed by atoms with Gasteiger partial charge in [0.25, 0.3) is 0 Å². The highest BCUT2D eigenvalue weighted by atomic mass is 32.1. The van der Waals surface area contributed by atoms with Crippen LogP contribution in [0.15, 0.2) is 91.5 Å². The lowest BCUT2D eigenvalue weighted by atomic mass is 10.0. The number of hydrogen-bond donors (Lipinski definition) is 2. The molecule has 6 rings (SSSR count). The lowest BCUT2D eigenvalue weighted by Crippen LogP contribution is -2.23. The first-order valence-electron chi connectivity index (χ1n) is 13.4. The number of carbonyl (C=O) groups excluding carboxylic acids is 2. The van der Waals surface area contributed by atoms with E-state index in [1.807, 2.05) is 12.1 Å². The fourth-order valence-electron chi connectivity index (χ4n) is 4.59. The van der Waals surface area contributed by atoms with Crippen molar-refractivity contribution < 1.29 is 27.5 Å². The molecule has 3 aromatic heterocycles. The Kier molecular flexibility index (Phi) is 7.94. The van der Waals surface area contributed by atoms with Crippen molar-refractivity contribution in [2.75, 3.05) is 22.1 Å². The Balaban J connectivity index is 1.09. The monoisotopic (exact) mass is 616 g/mol. The molecule has 0 unspecified atom stereocenters. The van der Waals surface area contributed by atoms with E-state index >= 15 is 0 Å². The summed E-state index contributed by atoms with van der Waals surface area (Å²) < 4.78 is 45.9. The highest BCUT2D eigenvalue weighted by Crippen LogP contribution is 2.36. The lowest BCUT2D eigenvalue weighted by Gasteiger charge is -2.15. The normalized spacial score (nSPS) is 13.2. The lowest BCUT2D eigenvalue weighted by molar-refractivity contribution is -0.137. The van der Waals surface area contributed by atoms with Crippen LogP contribution in [0.5, 0.6) is 11.6 Å². The molecule has 9 nitrogen and oxygen atoms in total. The molecule has 1 saturated heterocycles. The molecular formula is C31H23F3N6O3S. The molecule has 0 bridgehead atoms. The number of aromatic nitrogens is 3. The second kappa shape index (κ2) is 12.1. The molecule has 2 aromatic carbocycles. The first kappa shape index (κ1) is 28.8. The predicted molar refractivity (Wildman–Crippen MR) is 161 cm³/mol. The van der Waals surface area contributed by atoms with E-state index in [9.17, 15) is 22.8 Å². The molecule has 1 fully saturated rings. The van der Waals surface area contributed by atoms with Crippen molar-refractivity contribution in [3.63, 3.8) is 0 Å². The molecule has 0 aliphatic carbocycles. The van der Waals surface area contributed by atoms with Gasteiger partial charge in [0.05, 0.1) is 28.0 Å². The van der Waals surface area contributed by atoms with Crippen LogP contribution in [0.3, 0.4) is 0 Å². The molecule has 0 saturated carbocycles. The molecule has 4 heterocycles. The molecule has 5 aromatic rings. The van der Waals surface area contributed by atoms with E-state index in [-0.39, 0.29) is 17.5 Å². The van der Waals surface area contributed by atoms with Crippen molar-refractivity contribution in [3.05, 3.63) is 97.1 Å². The van der Waals surface area contributed by atoms with Gasteiger partial charge in [-0.2, -0.15) is 13.2 Å². The highest BCUT2D eigenvalue weighted by Gasteiger charge is 2.31. The van der Waals surface area contributed by atoms with E-state index in [0.29, 0.717) is 40.7 Å². The van der Waals surface area contributed by atoms with Crippen molar-refractivity contribution in [3.8, 4) is 33.2 Å². The summed E-state index contributed by atoms with van der Waals surface area (Å²) in [5.74, 6) is 0.899. The largest absolute Gasteiger partial charge is 0.439 e. The van der Waals surface area contributed by atoms with Gasteiger partial charge < -0.3 is 15.4 Å². The second-order valence-electron chi connectivity index (χ2n) is 9.74. The number of thiazole rings is 1. The number of nitrogens with one attached hydrogen (secondary N) is 2. The summed E-state index contributed by atoms with van der Waals surface area (Å²) in [6, 6.07) is 16.1. The fourth-order valence-corrected chi connectivity index (χ4v) is 5.55. The molecule has 44 heavy (non-hydrogen) atoms. The molecule has 2 N–H and O–H groups in total. The predicted octanol–water partition coefficient (Wildman–Crippen LogP) is 7.85. The molecule has 13 heteroatoms. The van der Waals surface area contributed by atoms with E-state index in [1.54, 1.807) is 47.5 Å². The van der Waals surface area contributed by atoms with Gasteiger partial charge in [-0.1, -0.05) is 17.4 Å². The smallest absolute Gasteiger partial charge is 0.416 e. The fraction of sp³-hybridized carbons (Fsp3) is 0.129. The minimum Gasteiger partial charge on any atom is -0.439 e. The maximum atomic E-state index is 13.4. The molecule has 3 amide bonds. The van der Waals surface area contributed by atoms with Crippen LogP contribution in [0, 0.1) is 0 Å². The van der Waals surface area contributed by atoms with Crippen LogP contribution in [-0.4, -0.2) is 33.4 Å². The number of benzene rings is 2. The first-order valence-corrected chi connectivity index (χ1v) is 14.2. The highest BCUT2D eigenvalue weighted by molar-refractivity contribution is 7.19. The zero-order chi connectivity index (χ0) is 30.7. The van der Waals surface area contributed by atoms with Crippen LogP contribution in [0.1, 0.15) is 18.4 Å². The molecule has 1 aliphatic rings. The minimum atomic E-state index is -4.58. The average molecular weight is 617 g/mol. The van der Waals surface area contributed by atoms with Gasteiger partial charge in [-0.25, -0.2) is 14.8 Å². The zero-order valence-corrected chi connectivity index (χ0v) is 23.7. The Morgan fingerprint density at radius 2 is 1.70 bits per heavy atom. The number of anilines is 3. The van der Waals surface area contributed by atoms with Crippen molar-refractivity contribution in [1.82, 2.24) is 15.0 Å². The van der Waals surface area contributed by atoms with E-state index in [1.165, 1.54) is 36.0 Å². The Bertz CT molecular complexity index is 1800. The first-order chi connectivity index (χ1) is 21.2. The number of halogens is 3. The van der Waals surface area contributed by atoms with Crippen molar-refractivity contribution in [2.24, 2.45) is 0 Å². The number of ether oxygens (including phenoxy) is 1. The van der Waals surface area contributed by atoms with Gasteiger partial charge in [-0.05, 0) is 72.1 Å². The van der Waals surface area contributed by atoms with E-state index < -0.39 is 17.8 Å². The van der Waals surface area contributed by atoms with Crippen molar-refractivity contribution in [1.29, 1.82) is 0 Å². The summed E-state index contributed by atoms with van der Waals surface area (Å²) in [6.07, 6.45) is 2.95. The molecule has 0 spiro atoms. The van der Waals surface area contributed by atoms with Crippen LogP contribution in [-0.2, 0) is 11.0 Å². The van der Waals surface area contributed by atoms with Crippen LogP contribution < -0.4 is 20.3 Å². The number of rotatable bonds is 7. The molecule has 0 atom stereocenters. The van der Waals surface area contributed by atoms with Crippen molar-refractivity contribution in [2.45, 2.75) is 19.0 Å². The topological polar surface area (TPSA) is 109 Å². The third kappa shape index (κ3) is 6.52. The number of hydrogen-bond acceptors (Lipinski definition) is 7. The zero-order valence-electron chi connectivity index (χ0n) is 22.8. The number of carbonyl (C=O) groups is 2. The summed E-state index contributed by atoms with van der Waals surface area (Å²) >= 11 is 1.45. The van der Waals surface area contributed by atoms with Gasteiger partial charge in [0.1, 0.15) is 5.75 Å². The third-order valence-electron chi connectivity index (χ3n) is 6.74. The van der Waals surface area contributed by atoms with Gasteiger partial charge in [-0.15, -0.1) is 0 Å². The Morgan fingerprint density at radius 3 is 2.39 bits per heavy atom. The maximum Gasteiger partial charge on any atom is 0.416 e. The van der Waals surface area contributed by atoms with Gasteiger partial charge in [0.15, 0.2) is 5.13 Å². The number of amides is 3.